The zero-order valence-corrected chi connectivity index (χ0v) is 16.2. The maximum Gasteiger partial charge on any atom is 0.225 e. The first-order valence-electron chi connectivity index (χ1n) is 9.02. The van der Waals surface area contributed by atoms with Crippen LogP contribution in [0.25, 0.3) is 0 Å². The molecule has 2 aliphatic rings. The molecule has 0 atom stereocenters. The molecule has 0 bridgehead atoms. The summed E-state index contributed by atoms with van der Waals surface area (Å²) >= 11 is 0. The monoisotopic (exact) mass is 381 g/mol. The van der Waals surface area contributed by atoms with E-state index in [1.54, 1.807) is 7.11 Å². The van der Waals surface area contributed by atoms with Crippen molar-refractivity contribution in [3.63, 3.8) is 0 Å². The van der Waals surface area contributed by atoms with Crippen LogP contribution < -0.4 is 9.64 Å². The lowest BCUT2D eigenvalue weighted by Gasteiger charge is -2.39. The van der Waals surface area contributed by atoms with Gasteiger partial charge in [0.15, 0.2) is 0 Å². The van der Waals surface area contributed by atoms with E-state index in [0.717, 1.165) is 24.5 Å². The molecule has 2 heterocycles. The minimum absolute atomic E-state index is 0.0641. The number of hydrogen-bond acceptors (Lipinski definition) is 5. The SMILES string of the molecule is COc1ccccc1N1CCN(C(=O)C2CCN(S(C)(=O)=O)CC2)CC1. The minimum atomic E-state index is -3.15. The Hall–Kier alpha value is -1.80. The average molecular weight is 381 g/mol. The smallest absolute Gasteiger partial charge is 0.225 e. The summed E-state index contributed by atoms with van der Waals surface area (Å²) in [4.78, 5) is 17.0. The minimum Gasteiger partial charge on any atom is -0.495 e. The average Bonchev–Trinajstić information content (AvgIpc) is 2.67. The first-order valence-corrected chi connectivity index (χ1v) is 10.9. The van der Waals surface area contributed by atoms with Gasteiger partial charge >= 0.3 is 0 Å². The number of piperazine rings is 1. The van der Waals surface area contributed by atoms with E-state index in [1.165, 1.54) is 10.6 Å². The van der Waals surface area contributed by atoms with Gasteiger partial charge in [-0.05, 0) is 25.0 Å². The van der Waals surface area contributed by atoms with Gasteiger partial charge < -0.3 is 14.5 Å². The lowest BCUT2D eigenvalue weighted by atomic mass is 9.96. The number of methoxy groups -OCH3 is 1. The van der Waals surface area contributed by atoms with Gasteiger partial charge in [-0.3, -0.25) is 4.79 Å². The highest BCUT2D eigenvalue weighted by Crippen LogP contribution is 2.29. The number of hydrogen-bond donors (Lipinski definition) is 0. The Morgan fingerprint density at radius 1 is 1.04 bits per heavy atom. The molecule has 8 heteroatoms. The molecule has 7 nitrogen and oxygen atoms in total. The number of carbonyl (C=O) groups excluding carboxylic acids is 1. The van der Waals surface area contributed by atoms with Crippen molar-refractivity contribution in [2.75, 3.05) is 57.5 Å². The van der Waals surface area contributed by atoms with Crippen LogP contribution >= 0.6 is 0 Å². The lowest BCUT2D eigenvalue weighted by molar-refractivity contribution is -0.137. The number of benzene rings is 1. The van der Waals surface area contributed by atoms with Gasteiger partial charge in [-0.2, -0.15) is 0 Å². The normalized spacial score (nSPS) is 20.2. The molecule has 0 radical (unpaired) electrons. The molecule has 2 saturated heterocycles. The summed E-state index contributed by atoms with van der Waals surface area (Å²) in [5.74, 6) is 0.948. The van der Waals surface area contributed by atoms with Crippen molar-refractivity contribution in [3.05, 3.63) is 24.3 Å². The summed E-state index contributed by atoms with van der Waals surface area (Å²) < 4.78 is 30.1. The van der Waals surface area contributed by atoms with E-state index in [2.05, 4.69) is 4.90 Å². The molecule has 1 amide bonds. The van der Waals surface area contributed by atoms with Crippen molar-refractivity contribution in [1.82, 2.24) is 9.21 Å². The van der Waals surface area contributed by atoms with E-state index >= 15 is 0 Å². The highest BCUT2D eigenvalue weighted by Gasteiger charge is 2.32. The summed E-state index contributed by atoms with van der Waals surface area (Å²) in [7, 11) is -1.49. The number of amides is 1. The van der Waals surface area contributed by atoms with E-state index < -0.39 is 10.0 Å². The van der Waals surface area contributed by atoms with E-state index in [4.69, 9.17) is 4.74 Å². The van der Waals surface area contributed by atoms with Gasteiger partial charge in [0, 0.05) is 45.2 Å². The van der Waals surface area contributed by atoms with Gasteiger partial charge in [-0.15, -0.1) is 0 Å². The first-order chi connectivity index (χ1) is 12.4. The number of carbonyl (C=O) groups is 1. The highest BCUT2D eigenvalue weighted by atomic mass is 32.2. The van der Waals surface area contributed by atoms with Crippen molar-refractivity contribution in [3.8, 4) is 5.75 Å². The second-order valence-corrected chi connectivity index (χ2v) is 8.90. The molecule has 0 aromatic heterocycles. The molecule has 26 heavy (non-hydrogen) atoms. The molecule has 144 valence electrons. The van der Waals surface area contributed by atoms with Crippen LogP contribution in [0.5, 0.6) is 5.75 Å². The zero-order valence-electron chi connectivity index (χ0n) is 15.4. The number of piperidine rings is 1. The number of rotatable bonds is 4. The van der Waals surface area contributed by atoms with Crippen LogP contribution in [0.3, 0.4) is 0 Å². The maximum atomic E-state index is 12.8. The Bertz CT molecular complexity index is 737. The number of anilines is 1. The molecular weight excluding hydrogens is 354 g/mol. The molecular formula is C18H27N3O4S. The van der Waals surface area contributed by atoms with Crippen LogP contribution in [0, 0.1) is 5.92 Å². The van der Waals surface area contributed by atoms with Crippen LogP contribution in [0.2, 0.25) is 0 Å². The van der Waals surface area contributed by atoms with Crippen molar-refractivity contribution >= 4 is 21.6 Å². The molecule has 0 saturated carbocycles. The Morgan fingerprint density at radius 2 is 1.65 bits per heavy atom. The van der Waals surface area contributed by atoms with Crippen molar-refractivity contribution in [2.24, 2.45) is 5.92 Å². The van der Waals surface area contributed by atoms with Crippen LogP contribution in [0.1, 0.15) is 12.8 Å². The summed E-state index contributed by atoms with van der Waals surface area (Å²) in [5.41, 5.74) is 1.06. The fourth-order valence-electron chi connectivity index (χ4n) is 3.75. The Labute approximate surface area is 155 Å². The molecule has 0 spiro atoms. The van der Waals surface area contributed by atoms with Crippen molar-refractivity contribution in [1.29, 1.82) is 0 Å². The Balaban J connectivity index is 1.54. The standard InChI is InChI=1S/C18H27N3O4S/c1-25-17-6-4-3-5-16(17)19-11-13-20(14-12-19)18(22)15-7-9-21(10-8-15)26(2,23)24/h3-6,15H,7-14H2,1-2H3. The van der Waals surface area contributed by atoms with Crippen LogP contribution in [0.4, 0.5) is 5.69 Å². The van der Waals surface area contributed by atoms with E-state index in [9.17, 15) is 13.2 Å². The number of sulfonamides is 1. The second-order valence-electron chi connectivity index (χ2n) is 6.92. The molecule has 2 fully saturated rings. The molecule has 0 unspecified atom stereocenters. The predicted molar refractivity (Wildman–Crippen MR) is 101 cm³/mol. The van der Waals surface area contributed by atoms with Gasteiger partial charge in [0.1, 0.15) is 5.75 Å². The topological polar surface area (TPSA) is 70.2 Å². The Morgan fingerprint density at radius 3 is 2.23 bits per heavy atom. The van der Waals surface area contributed by atoms with E-state index in [0.29, 0.717) is 39.0 Å². The van der Waals surface area contributed by atoms with Gasteiger partial charge in [-0.25, -0.2) is 12.7 Å². The summed E-state index contributed by atoms with van der Waals surface area (Å²) in [6.07, 6.45) is 2.45. The summed E-state index contributed by atoms with van der Waals surface area (Å²) in [6.45, 7) is 3.79. The van der Waals surface area contributed by atoms with Crippen molar-refractivity contribution in [2.45, 2.75) is 12.8 Å². The summed E-state index contributed by atoms with van der Waals surface area (Å²) in [5, 5.41) is 0. The van der Waals surface area contributed by atoms with Crippen LogP contribution in [-0.4, -0.2) is 76.2 Å². The molecule has 0 aliphatic carbocycles. The fourth-order valence-corrected chi connectivity index (χ4v) is 4.63. The van der Waals surface area contributed by atoms with Crippen LogP contribution in [-0.2, 0) is 14.8 Å². The van der Waals surface area contributed by atoms with Gasteiger partial charge in [0.25, 0.3) is 0 Å². The third-order valence-corrected chi connectivity index (χ3v) is 6.59. The van der Waals surface area contributed by atoms with Gasteiger partial charge in [0.2, 0.25) is 15.9 Å². The van der Waals surface area contributed by atoms with Gasteiger partial charge in [0.05, 0.1) is 19.1 Å². The highest BCUT2D eigenvalue weighted by molar-refractivity contribution is 7.88. The zero-order chi connectivity index (χ0) is 18.7. The molecule has 3 rings (SSSR count). The fraction of sp³-hybridized carbons (Fsp3) is 0.611. The number of ether oxygens (including phenoxy) is 1. The van der Waals surface area contributed by atoms with Crippen LogP contribution in [0.15, 0.2) is 24.3 Å². The first kappa shape index (κ1) is 19.0. The quantitative estimate of drug-likeness (QED) is 0.779. The lowest BCUT2D eigenvalue weighted by Crippen LogP contribution is -2.52. The molecule has 1 aromatic carbocycles. The number of para-hydroxylation sites is 2. The molecule has 1 aromatic rings. The maximum absolute atomic E-state index is 12.8. The third-order valence-electron chi connectivity index (χ3n) is 5.29. The van der Waals surface area contributed by atoms with Gasteiger partial charge in [-0.1, -0.05) is 12.1 Å². The molecule has 0 N–H and O–H groups in total. The summed E-state index contributed by atoms with van der Waals surface area (Å²) in [6, 6.07) is 7.93. The van der Waals surface area contributed by atoms with E-state index in [-0.39, 0.29) is 11.8 Å². The van der Waals surface area contributed by atoms with Crippen molar-refractivity contribution < 1.29 is 17.9 Å². The predicted octanol–water partition coefficient (Wildman–Crippen LogP) is 1.02. The Kier molecular flexibility index (Phi) is 5.72. The largest absolute Gasteiger partial charge is 0.495 e. The third kappa shape index (κ3) is 4.12. The second kappa shape index (κ2) is 7.84. The number of nitrogens with zero attached hydrogens (tertiary/aromatic N) is 3. The van der Waals surface area contributed by atoms with E-state index in [1.807, 2.05) is 29.2 Å². The molecule has 2 aliphatic heterocycles.